The molecule has 0 aromatic heterocycles. The lowest BCUT2D eigenvalue weighted by Gasteiger charge is -2.10. The molecule has 1 aliphatic heterocycles. The summed E-state index contributed by atoms with van der Waals surface area (Å²) in [4.78, 5) is 4.07. The van der Waals surface area contributed by atoms with Gasteiger partial charge in [-0.05, 0) is 6.92 Å². The van der Waals surface area contributed by atoms with E-state index >= 15 is 0 Å². The second-order valence-corrected chi connectivity index (χ2v) is 1.80. The zero-order valence-corrected chi connectivity index (χ0v) is 4.52. The summed E-state index contributed by atoms with van der Waals surface area (Å²) in [7, 11) is 0. The van der Waals surface area contributed by atoms with Gasteiger partial charge in [0.2, 0.25) is 0 Å². The van der Waals surface area contributed by atoms with Gasteiger partial charge in [0.05, 0.1) is 6.54 Å². The Balaban J connectivity index is 2.36. The first-order valence-corrected chi connectivity index (χ1v) is 2.63. The first-order chi connectivity index (χ1) is 3.39. The predicted octanol–water partition coefficient (Wildman–Crippen LogP) is 0.0489. The molecule has 1 atom stereocenters. The number of hydrogen-bond donors (Lipinski definition) is 1. The molecule has 1 N–H and O–H groups in total. The van der Waals surface area contributed by atoms with Crippen LogP contribution >= 0.6 is 0 Å². The molecule has 0 aromatic rings. The van der Waals surface area contributed by atoms with Gasteiger partial charge in [-0.1, -0.05) is 0 Å². The van der Waals surface area contributed by atoms with Gasteiger partial charge in [0, 0.05) is 18.8 Å². The normalized spacial score (nSPS) is 30.7. The van der Waals surface area contributed by atoms with Crippen molar-refractivity contribution < 1.29 is 0 Å². The molecule has 0 saturated carbocycles. The van der Waals surface area contributed by atoms with E-state index in [1.807, 2.05) is 6.21 Å². The largest absolute Gasteiger partial charge is 0.308 e. The highest BCUT2D eigenvalue weighted by Crippen LogP contribution is 1.81. The van der Waals surface area contributed by atoms with Gasteiger partial charge in [-0.25, -0.2) is 0 Å². The Labute approximate surface area is 43.6 Å². The number of hydrogen-bond acceptors (Lipinski definition) is 2. The summed E-state index contributed by atoms with van der Waals surface area (Å²) in [6, 6.07) is 0.494. The maximum Gasteiger partial charge on any atom is 0.0511 e. The molecular weight excluding hydrogens is 88.1 g/mol. The van der Waals surface area contributed by atoms with Crippen molar-refractivity contribution in [3.05, 3.63) is 0 Å². The topological polar surface area (TPSA) is 24.4 Å². The first kappa shape index (κ1) is 4.78. The van der Waals surface area contributed by atoms with Gasteiger partial charge in [0.25, 0.3) is 0 Å². The molecule has 1 unspecified atom stereocenters. The molecule has 2 nitrogen and oxygen atoms in total. The van der Waals surface area contributed by atoms with E-state index in [2.05, 4.69) is 17.2 Å². The summed E-state index contributed by atoms with van der Waals surface area (Å²) >= 11 is 0. The van der Waals surface area contributed by atoms with Crippen LogP contribution in [0.15, 0.2) is 4.99 Å². The van der Waals surface area contributed by atoms with Gasteiger partial charge < -0.3 is 5.32 Å². The van der Waals surface area contributed by atoms with Gasteiger partial charge in [-0.2, -0.15) is 0 Å². The van der Waals surface area contributed by atoms with Crippen LogP contribution in [0.1, 0.15) is 6.92 Å². The number of nitrogens with one attached hydrogen (secondary N) is 1. The van der Waals surface area contributed by atoms with E-state index in [9.17, 15) is 0 Å². The van der Waals surface area contributed by atoms with Crippen molar-refractivity contribution in [3.63, 3.8) is 0 Å². The maximum atomic E-state index is 4.07. The molecule has 0 aliphatic carbocycles. The Kier molecular flexibility index (Phi) is 1.42. The quantitative estimate of drug-likeness (QED) is 0.455. The minimum absolute atomic E-state index is 0.494. The van der Waals surface area contributed by atoms with Gasteiger partial charge >= 0.3 is 0 Å². The summed E-state index contributed by atoms with van der Waals surface area (Å²) in [6.45, 7) is 4.09. The molecular formula is C5H10N2. The highest BCUT2D eigenvalue weighted by atomic mass is 15.0. The fraction of sp³-hybridized carbons (Fsp3) is 0.800. The fourth-order valence-corrected chi connectivity index (χ4v) is 0.642. The van der Waals surface area contributed by atoms with Crippen molar-refractivity contribution in [1.29, 1.82) is 0 Å². The Morgan fingerprint density at radius 1 is 1.86 bits per heavy atom. The first-order valence-electron chi connectivity index (χ1n) is 2.63. The van der Waals surface area contributed by atoms with Crippen LogP contribution in [0.2, 0.25) is 0 Å². The Morgan fingerprint density at radius 3 is 3.00 bits per heavy atom. The molecule has 0 radical (unpaired) electrons. The Morgan fingerprint density at radius 2 is 2.71 bits per heavy atom. The van der Waals surface area contributed by atoms with E-state index in [0.717, 1.165) is 13.1 Å². The van der Waals surface area contributed by atoms with Gasteiger partial charge in [-0.3, -0.25) is 4.99 Å². The molecule has 7 heavy (non-hydrogen) atoms. The minimum Gasteiger partial charge on any atom is -0.308 e. The molecule has 40 valence electrons. The van der Waals surface area contributed by atoms with E-state index in [-0.39, 0.29) is 0 Å². The van der Waals surface area contributed by atoms with Crippen molar-refractivity contribution in [2.24, 2.45) is 4.99 Å². The van der Waals surface area contributed by atoms with Crippen LogP contribution in [-0.2, 0) is 0 Å². The maximum absolute atomic E-state index is 4.07. The van der Waals surface area contributed by atoms with Crippen LogP contribution in [-0.4, -0.2) is 25.3 Å². The van der Waals surface area contributed by atoms with Crippen molar-refractivity contribution in [2.75, 3.05) is 13.1 Å². The molecule has 0 aromatic carbocycles. The van der Waals surface area contributed by atoms with Crippen molar-refractivity contribution in [2.45, 2.75) is 13.0 Å². The van der Waals surface area contributed by atoms with Crippen molar-refractivity contribution >= 4 is 6.21 Å². The van der Waals surface area contributed by atoms with Crippen LogP contribution < -0.4 is 5.32 Å². The van der Waals surface area contributed by atoms with Gasteiger partial charge in [0.15, 0.2) is 0 Å². The third-order valence-corrected chi connectivity index (χ3v) is 1.04. The molecule has 0 fully saturated rings. The molecule has 1 aliphatic rings. The average Bonchev–Trinajstić information content (AvgIpc) is 1.69. The summed E-state index contributed by atoms with van der Waals surface area (Å²) in [6.07, 6.45) is 1.95. The van der Waals surface area contributed by atoms with Gasteiger partial charge in [0.1, 0.15) is 0 Å². The lowest BCUT2D eigenvalue weighted by molar-refractivity contribution is 0.643. The number of aliphatic imine (C=N–C) groups is 1. The highest BCUT2D eigenvalue weighted by Gasteiger charge is 1.97. The molecule has 1 rings (SSSR count). The molecule has 0 saturated heterocycles. The molecule has 2 heteroatoms. The number of rotatable bonds is 0. The molecule has 1 heterocycles. The second kappa shape index (κ2) is 2.07. The third kappa shape index (κ3) is 1.27. The summed E-state index contributed by atoms with van der Waals surface area (Å²) in [5, 5.41) is 3.23. The van der Waals surface area contributed by atoms with E-state index in [1.54, 1.807) is 0 Å². The van der Waals surface area contributed by atoms with Crippen LogP contribution in [0.4, 0.5) is 0 Å². The van der Waals surface area contributed by atoms with Crippen LogP contribution in [0, 0.1) is 0 Å². The zero-order chi connectivity index (χ0) is 5.11. The smallest absolute Gasteiger partial charge is 0.0511 e. The average molecular weight is 98.1 g/mol. The van der Waals surface area contributed by atoms with E-state index in [0.29, 0.717) is 6.04 Å². The van der Waals surface area contributed by atoms with E-state index < -0.39 is 0 Å². The standard InChI is InChI=1S/C5H10N2/c1-5-4-6-2-3-7-5/h4-5,7H,2-3H2,1H3. The monoisotopic (exact) mass is 98.1 g/mol. The summed E-state index contributed by atoms with van der Waals surface area (Å²) in [5.74, 6) is 0. The molecule has 0 spiro atoms. The van der Waals surface area contributed by atoms with Crippen LogP contribution in [0.25, 0.3) is 0 Å². The zero-order valence-electron chi connectivity index (χ0n) is 4.52. The second-order valence-electron chi connectivity index (χ2n) is 1.80. The van der Waals surface area contributed by atoms with Crippen LogP contribution in [0.5, 0.6) is 0 Å². The van der Waals surface area contributed by atoms with E-state index in [4.69, 9.17) is 0 Å². The lowest BCUT2D eigenvalue weighted by Crippen LogP contribution is -2.33. The highest BCUT2D eigenvalue weighted by molar-refractivity contribution is 5.64. The van der Waals surface area contributed by atoms with Crippen molar-refractivity contribution in [1.82, 2.24) is 5.32 Å². The third-order valence-electron chi connectivity index (χ3n) is 1.04. The Bertz CT molecular complexity index is 78.1. The van der Waals surface area contributed by atoms with Gasteiger partial charge in [-0.15, -0.1) is 0 Å². The Hall–Kier alpha value is -0.370. The summed E-state index contributed by atoms with van der Waals surface area (Å²) in [5.41, 5.74) is 0. The van der Waals surface area contributed by atoms with Crippen LogP contribution in [0.3, 0.4) is 0 Å². The molecule has 0 bridgehead atoms. The summed E-state index contributed by atoms with van der Waals surface area (Å²) < 4.78 is 0. The number of nitrogens with zero attached hydrogens (tertiary/aromatic N) is 1. The minimum atomic E-state index is 0.494. The van der Waals surface area contributed by atoms with Crippen molar-refractivity contribution in [3.8, 4) is 0 Å². The lowest BCUT2D eigenvalue weighted by atomic mass is 10.3. The SMILES string of the molecule is CC1C=NCCN1. The fourth-order valence-electron chi connectivity index (χ4n) is 0.642. The van der Waals surface area contributed by atoms with E-state index in [1.165, 1.54) is 0 Å². The molecule has 0 amide bonds. The predicted molar refractivity (Wildman–Crippen MR) is 30.8 cm³/mol.